The number of aromatic hydroxyl groups is 1. The van der Waals surface area contributed by atoms with Crippen LogP contribution in [0.25, 0.3) is 11.3 Å². The van der Waals surface area contributed by atoms with Crippen LogP contribution in [0.1, 0.15) is 29.5 Å². The molecular weight excluding hydrogens is 404 g/mol. The number of phenolic OH excluding ortho intramolecular Hbond substituents is 1. The van der Waals surface area contributed by atoms with Crippen molar-refractivity contribution in [2.45, 2.75) is 38.2 Å². The van der Waals surface area contributed by atoms with E-state index in [1.54, 1.807) is 0 Å². The highest BCUT2D eigenvalue weighted by Crippen LogP contribution is 2.38. The summed E-state index contributed by atoms with van der Waals surface area (Å²) < 4.78 is 55.7. The molecule has 1 saturated heterocycles. The Morgan fingerprint density at radius 1 is 1.23 bits per heavy atom. The molecule has 1 aromatic heterocycles. The molecule has 1 unspecified atom stereocenters. The molecule has 0 spiro atoms. The van der Waals surface area contributed by atoms with Crippen molar-refractivity contribution in [1.29, 1.82) is 0 Å². The van der Waals surface area contributed by atoms with Gasteiger partial charge in [-0.05, 0) is 56.6 Å². The van der Waals surface area contributed by atoms with Crippen LogP contribution in [-0.4, -0.2) is 53.1 Å². The van der Waals surface area contributed by atoms with Crippen LogP contribution >= 0.6 is 0 Å². The van der Waals surface area contributed by atoms with Gasteiger partial charge in [0, 0.05) is 17.7 Å². The maximum Gasteiger partial charge on any atom is 0.416 e. The summed E-state index contributed by atoms with van der Waals surface area (Å²) in [7, 11) is 1.96. The van der Waals surface area contributed by atoms with Crippen molar-refractivity contribution in [3.8, 4) is 17.0 Å². The molecule has 10 heteroatoms. The highest BCUT2D eigenvalue weighted by molar-refractivity contribution is 5.72. The Hall–Kier alpha value is -2.46. The van der Waals surface area contributed by atoms with Crippen molar-refractivity contribution < 1.29 is 27.4 Å². The quantitative estimate of drug-likeness (QED) is 0.676. The Morgan fingerprint density at radius 2 is 2.00 bits per heavy atom. The number of rotatable bonds is 1. The van der Waals surface area contributed by atoms with Gasteiger partial charge in [-0.3, -0.25) is 0 Å². The normalized spacial score (nSPS) is 19.6. The Labute approximate surface area is 171 Å². The molecule has 3 heterocycles. The number of hydrogen-bond donors (Lipinski definition) is 2. The Balaban J connectivity index is 0.000000269. The second kappa shape index (κ2) is 9.13. The molecule has 2 aliphatic heterocycles. The zero-order chi connectivity index (χ0) is 21.9. The van der Waals surface area contributed by atoms with Crippen LogP contribution in [0.2, 0.25) is 0 Å². The van der Waals surface area contributed by atoms with E-state index >= 15 is 0 Å². The number of aromatic nitrogens is 2. The lowest BCUT2D eigenvalue weighted by atomic mass is 9.97. The van der Waals surface area contributed by atoms with Crippen molar-refractivity contribution in [2.24, 2.45) is 0 Å². The minimum Gasteiger partial charge on any atom is -0.507 e. The molecule has 6 nitrogen and oxygen atoms in total. The number of ether oxygens (including phenoxy) is 1. The van der Waals surface area contributed by atoms with Gasteiger partial charge in [0.2, 0.25) is 0 Å². The van der Waals surface area contributed by atoms with Crippen LogP contribution in [0.4, 0.5) is 23.4 Å². The summed E-state index contributed by atoms with van der Waals surface area (Å²) in [6, 6.07) is 2.77. The summed E-state index contributed by atoms with van der Waals surface area (Å²) in [5.41, 5.74) is 6.75. The second-order valence-corrected chi connectivity index (χ2v) is 7.42. The molecular formula is C20H24F4N4O2. The van der Waals surface area contributed by atoms with Crippen LogP contribution in [0.15, 0.2) is 18.2 Å². The largest absolute Gasteiger partial charge is 0.507 e. The van der Waals surface area contributed by atoms with Crippen LogP contribution < -0.4 is 5.73 Å². The van der Waals surface area contributed by atoms with Crippen molar-refractivity contribution >= 4 is 5.82 Å². The van der Waals surface area contributed by atoms with Gasteiger partial charge in [-0.15, -0.1) is 10.2 Å². The standard InChI is InChI=1S/C14H12F3N3O2.C6H12FN/c15-14(16,17)7-1-2-9(11(21)5-7)12-8-3-4-22-6-10(8)13(18)20-19-12;1-8-4-2-3-6(7)5-8/h1-2,5,21H,3-4,6H2,(H2,18,20);6H,2-5H2,1H3. The van der Waals surface area contributed by atoms with E-state index in [0.717, 1.165) is 31.0 Å². The Bertz CT molecular complexity index is 884. The smallest absolute Gasteiger partial charge is 0.416 e. The van der Waals surface area contributed by atoms with E-state index in [9.17, 15) is 22.7 Å². The zero-order valence-corrected chi connectivity index (χ0v) is 16.5. The lowest BCUT2D eigenvalue weighted by Crippen LogP contribution is -2.32. The third-order valence-corrected chi connectivity index (χ3v) is 5.11. The molecule has 0 bridgehead atoms. The van der Waals surface area contributed by atoms with Gasteiger partial charge >= 0.3 is 6.18 Å². The van der Waals surface area contributed by atoms with Crippen LogP contribution in [-0.2, 0) is 23.9 Å². The molecule has 1 aromatic carbocycles. The fourth-order valence-corrected chi connectivity index (χ4v) is 3.53. The van der Waals surface area contributed by atoms with Gasteiger partial charge in [0.15, 0.2) is 5.82 Å². The molecule has 2 aliphatic rings. The first-order valence-electron chi connectivity index (χ1n) is 9.61. The maximum atomic E-state index is 12.7. The third kappa shape index (κ3) is 5.17. The van der Waals surface area contributed by atoms with E-state index < -0.39 is 23.7 Å². The van der Waals surface area contributed by atoms with Gasteiger partial charge < -0.3 is 20.5 Å². The number of nitrogens with zero attached hydrogens (tertiary/aromatic N) is 3. The molecule has 0 radical (unpaired) electrons. The number of nitrogens with two attached hydrogens (primary N) is 1. The predicted molar refractivity (Wildman–Crippen MR) is 104 cm³/mol. The molecule has 164 valence electrons. The van der Waals surface area contributed by atoms with Gasteiger partial charge in [-0.1, -0.05) is 0 Å². The fourth-order valence-electron chi connectivity index (χ4n) is 3.53. The summed E-state index contributed by atoms with van der Waals surface area (Å²) in [6.45, 7) is 2.43. The average Bonchev–Trinajstić information content (AvgIpc) is 2.68. The number of hydrogen-bond acceptors (Lipinski definition) is 6. The van der Waals surface area contributed by atoms with Crippen molar-refractivity contribution in [3.05, 3.63) is 34.9 Å². The van der Waals surface area contributed by atoms with E-state index in [4.69, 9.17) is 10.5 Å². The van der Waals surface area contributed by atoms with Crippen LogP contribution in [0.5, 0.6) is 5.75 Å². The number of halogens is 4. The number of likely N-dealkylation sites (tertiary alicyclic amines) is 1. The molecule has 3 N–H and O–H groups in total. The topological polar surface area (TPSA) is 84.5 Å². The van der Waals surface area contributed by atoms with Gasteiger partial charge in [0.1, 0.15) is 17.6 Å². The highest BCUT2D eigenvalue weighted by atomic mass is 19.4. The van der Waals surface area contributed by atoms with Gasteiger partial charge in [-0.2, -0.15) is 13.2 Å². The Kier molecular flexibility index (Phi) is 6.77. The van der Waals surface area contributed by atoms with Crippen LogP contribution in [0, 0.1) is 0 Å². The second-order valence-electron chi connectivity index (χ2n) is 7.42. The number of piperidine rings is 1. The van der Waals surface area contributed by atoms with Crippen molar-refractivity contribution in [1.82, 2.24) is 15.1 Å². The molecule has 1 atom stereocenters. The van der Waals surface area contributed by atoms with Crippen LogP contribution in [0.3, 0.4) is 0 Å². The lowest BCUT2D eigenvalue weighted by molar-refractivity contribution is -0.137. The number of fused-ring (bicyclic) bond motifs is 1. The molecule has 2 aromatic rings. The highest BCUT2D eigenvalue weighted by Gasteiger charge is 2.31. The first kappa shape index (κ1) is 22.2. The minimum atomic E-state index is -4.52. The molecule has 4 rings (SSSR count). The monoisotopic (exact) mass is 428 g/mol. The van der Waals surface area contributed by atoms with E-state index in [1.165, 1.54) is 6.07 Å². The lowest BCUT2D eigenvalue weighted by Gasteiger charge is -2.24. The van der Waals surface area contributed by atoms with E-state index in [0.29, 0.717) is 36.9 Å². The van der Waals surface area contributed by atoms with Gasteiger partial charge in [0.05, 0.1) is 18.8 Å². The van der Waals surface area contributed by atoms with E-state index in [1.807, 2.05) is 11.9 Å². The molecule has 0 amide bonds. The summed E-state index contributed by atoms with van der Waals surface area (Å²) in [6.07, 6.45) is -2.78. The number of alkyl halides is 4. The molecule has 0 saturated carbocycles. The van der Waals surface area contributed by atoms with E-state index in [2.05, 4.69) is 10.2 Å². The summed E-state index contributed by atoms with van der Waals surface area (Å²) in [4.78, 5) is 2.04. The first-order chi connectivity index (χ1) is 14.2. The number of nitrogen functional groups attached to an aromatic ring is 1. The van der Waals surface area contributed by atoms with Gasteiger partial charge in [-0.25, -0.2) is 4.39 Å². The molecule has 30 heavy (non-hydrogen) atoms. The number of phenols is 1. The predicted octanol–water partition coefficient (Wildman–Crippen LogP) is 3.57. The summed E-state index contributed by atoms with van der Waals surface area (Å²) >= 11 is 0. The van der Waals surface area contributed by atoms with Gasteiger partial charge in [0.25, 0.3) is 0 Å². The minimum absolute atomic E-state index is 0.193. The number of benzene rings is 1. The molecule has 0 aliphatic carbocycles. The maximum absolute atomic E-state index is 12.7. The first-order valence-corrected chi connectivity index (χ1v) is 9.61. The summed E-state index contributed by atoms with van der Waals surface area (Å²) in [5.74, 6) is -0.271. The molecule has 1 fully saturated rings. The third-order valence-electron chi connectivity index (χ3n) is 5.11. The van der Waals surface area contributed by atoms with Crippen molar-refractivity contribution in [3.63, 3.8) is 0 Å². The Morgan fingerprint density at radius 3 is 2.60 bits per heavy atom. The number of anilines is 1. The van der Waals surface area contributed by atoms with Crippen molar-refractivity contribution in [2.75, 3.05) is 32.5 Å². The van der Waals surface area contributed by atoms with E-state index in [-0.39, 0.29) is 18.0 Å². The summed E-state index contributed by atoms with van der Waals surface area (Å²) in [5, 5.41) is 17.7. The average molecular weight is 428 g/mol. The zero-order valence-electron chi connectivity index (χ0n) is 16.5. The fraction of sp³-hybridized carbons (Fsp3) is 0.500. The SMILES string of the molecule is CN1CCCC(F)C1.Nc1nnc(-c2ccc(C(F)(F)F)cc2O)c2c1COCC2.